The molecule has 0 aliphatic rings. The fourth-order valence-electron chi connectivity index (χ4n) is 1.28. The van der Waals surface area contributed by atoms with E-state index in [1.54, 1.807) is 6.92 Å². The van der Waals surface area contributed by atoms with Gasteiger partial charge in [0.15, 0.2) is 5.82 Å². The molecule has 0 aliphatic carbocycles. The molecule has 0 saturated heterocycles. The van der Waals surface area contributed by atoms with E-state index in [1.807, 2.05) is 4.72 Å². The second-order valence-electron chi connectivity index (χ2n) is 3.59. The molecule has 19 heavy (non-hydrogen) atoms. The van der Waals surface area contributed by atoms with Crippen LogP contribution in [0.3, 0.4) is 0 Å². The average Bonchev–Trinajstić information content (AvgIpc) is 2.31. The zero-order valence-corrected chi connectivity index (χ0v) is 11.6. The maximum atomic E-state index is 13.6. The number of amides is 1. The maximum absolute atomic E-state index is 13.6. The molecule has 0 fully saturated rings. The van der Waals surface area contributed by atoms with Gasteiger partial charge in [-0.2, -0.15) is 0 Å². The highest BCUT2D eigenvalue weighted by molar-refractivity contribution is 7.89. The molecule has 9 heteroatoms. The summed E-state index contributed by atoms with van der Waals surface area (Å²) in [5.74, 6) is -1.64. The van der Waals surface area contributed by atoms with E-state index >= 15 is 0 Å². The quantitative estimate of drug-likeness (QED) is 0.688. The van der Waals surface area contributed by atoms with E-state index < -0.39 is 38.2 Å². The molecule has 0 aromatic heterocycles. The Morgan fingerprint density at radius 2 is 2.11 bits per heavy atom. The smallest absolute Gasteiger partial charge is 0.244 e. The van der Waals surface area contributed by atoms with E-state index in [2.05, 4.69) is 5.32 Å². The Morgan fingerprint density at radius 1 is 1.47 bits per heavy atom. The molecular weight excluding hydrogens is 297 g/mol. The van der Waals surface area contributed by atoms with Crippen LogP contribution in [0.4, 0.5) is 10.1 Å². The van der Waals surface area contributed by atoms with Gasteiger partial charge in [0.25, 0.3) is 0 Å². The topological polar surface area (TPSA) is 101 Å². The van der Waals surface area contributed by atoms with Crippen LogP contribution in [-0.4, -0.2) is 27.4 Å². The first kappa shape index (κ1) is 15.7. The third kappa shape index (κ3) is 4.05. The summed E-state index contributed by atoms with van der Waals surface area (Å²) in [5, 5.41) is 1.99. The lowest BCUT2D eigenvalue weighted by molar-refractivity contribution is -0.119. The largest absolute Gasteiger partial charge is 0.399 e. The number of likely N-dealkylation sites (N-methyl/N-ethyl adjacent to an activating group) is 1. The van der Waals surface area contributed by atoms with Crippen molar-refractivity contribution in [1.29, 1.82) is 0 Å². The van der Waals surface area contributed by atoms with Crippen molar-refractivity contribution in [2.75, 3.05) is 18.8 Å². The van der Waals surface area contributed by atoms with Crippen molar-refractivity contribution in [1.82, 2.24) is 10.0 Å². The first-order chi connectivity index (χ1) is 8.77. The number of halogens is 2. The van der Waals surface area contributed by atoms with Gasteiger partial charge in [-0.05, 0) is 19.1 Å². The highest BCUT2D eigenvalue weighted by atomic mass is 35.5. The van der Waals surface area contributed by atoms with Crippen molar-refractivity contribution in [3.8, 4) is 0 Å². The van der Waals surface area contributed by atoms with Crippen LogP contribution in [-0.2, 0) is 14.8 Å². The Bertz CT molecular complexity index is 592. The third-order valence-electron chi connectivity index (χ3n) is 2.10. The summed E-state index contributed by atoms with van der Waals surface area (Å²) >= 11 is 5.51. The number of nitrogens with one attached hydrogen (secondary N) is 2. The summed E-state index contributed by atoms with van der Waals surface area (Å²) in [7, 11) is -4.20. The zero-order chi connectivity index (χ0) is 14.6. The number of rotatable bonds is 5. The van der Waals surface area contributed by atoms with Crippen LogP contribution in [0.1, 0.15) is 6.92 Å². The Kier molecular flexibility index (Phi) is 5.10. The minimum atomic E-state index is -4.20. The van der Waals surface area contributed by atoms with Gasteiger partial charge in [0.05, 0.1) is 11.6 Å². The van der Waals surface area contributed by atoms with Gasteiger partial charge in [-0.25, -0.2) is 17.5 Å². The van der Waals surface area contributed by atoms with Crippen LogP contribution >= 0.6 is 11.6 Å². The standard InChI is InChI=1S/C10H13ClFN3O3S/c1-2-14-9(16)5-15-19(17,18)8-4-6(13)3-7(11)10(8)12/h3-4,15H,2,5,13H2,1H3,(H,14,16). The molecule has 106 valence electrons. The highest BCUT2D eigenvalue weighted by Gasteiger charge is 2.22. The molecular formula is C10H13ClFN3O3S. The number of carbonyl (C=O) groups excluding carboxylic acids is 1. The highest BCUT2D eigenvalue weighted by Crippen LogP contribution is 2.25. The molecule has 0 saturated carbocycles. The van der Waals surface area contributed by atoms with E-state index in [-0.39, 0.29) is 5.69 Å². The number of nitrogen functional groups attached to an aromatic ring is 1. The molecule has 0 radical (unpaired) electrons. The predicted octanol–water partition coefficient (Wildman–Crippen LogP) is 0.476. The molecule has 0 bridgehead atoms. The zero-order valence-electron chi connectivity index (χ0n) is 10.0. The first-order valence-electron chi connectivity index (χ1n) is 5.28. The summed E-state index contributed by atoms with van der Waals surface area (Å²) in [4.78, 5) is 10.5. The Balaban J connectivity index is 2.98. The molecule has 4 N–H and O–H groups in total. The van der Waals surface area contributed by atoms with Gasteiger partial charge in [0.2, 0.25) is 15.9 Å². The van der Waals surface area contributed by atoms with Crippen molar-refractivity contribution < 1.29 is 17.6 Å². The Morgan fingerprint density at radius 3 is 2.68 bits per heavy atom. The summed E-state index contributed by atoms with van der Waals surface area (Å²) in [6.07, 6.45) is 0. The Hall–Kier alpha value is -1.38. The van der Waals surface area contributed by atoms with E-state index in [0.29, 0.717) is 6.54 Å². The number of nitrogens with two attached hydrogens (primary N) is 1. The van der Waals surface area contributed by atoms with Gasteiger partial charge < -0.3 is 11.1 Å². The number of anilines is 1. The molecule has 1 aromatic carbocycles. The van der Waals surface area contributed by atoms with Gasteiger partial charge in [-0.1, -0.05) is 11.6 Å². The Labute approximate surface area is 115 Å². The minimum absolute atomic E-state index is 0.00443. The average molecular weight is 310 g/mol. The molecule has 0 unspecified atom stereocenters. The van der Waals surface area contributed by atoms with Crippen LogP contribution in [0.2, 0.25) is 5.02 Å². The van der Waals surface area contributed by atoms with Crippen LogP contribution in [0.15, 0.2) is 17.0 Å². The van der Waals surface area contributed by atoms with Crippen molar-refractivity contribution in [3.05, 3.63) is 23.0 Å². The summed E-state index contributed by atoms with van der Waals surface area (Å²) in [6, 6.07) is 2.03. The van der Waals surface area contributed by atoms with E-state index in [0.717, 1.165) is 12.1 Å². The molecule has 1 aromatic rings. The van der Waals surface area contributed by atoms with Gasteiger partial charge in [0.1, 0.15) is 4.90 Å². The van der Waals surface area contributed by atoms with Gasteiger partial charge in [0, 0.05) is 12.2 Å². The molecule has 0 heterocycles. The molecule has 0 aliphatic heterocycles. The van der Waals surface area contributed by atoms with Crippen LogP contribution in [0, 0.1) is 5.82 Å². The van der Waals surface area contributed by atoms with Crippen molar-refractivity contribution in [2.24, 2.45) is 0 Å². The number of hydrogen-bond donors (Lipinski definition) is 3. The molecule has 6 nitrogen and oxygen atoms in total. The van der Waals surface area contributed by atoms with E-state index in [9.17, 15) is 17.6 Å². The van der Waals surface area contributed by atoms with Crippen molar-refractivity contribution in [2.45, 2.75) is 11.8 Å². The lowest BCUT2D eigenvalue weighted by Gasteiger charge is -2.09. The lowest BCUT2D eigenvalue weighted by Crippen LogP contribution is -2.37. The van der Waals surface area contributed by atoms with Gasteiger partial charge in [-0.15, -0.1) is 0 Å². The normalized spacial score (nSPS) is 11.3. The number of hydrogen-bond acceptors (Lipinski definition) is 4. The molecule has 1 amide bonds. The maximum Gasteiger partial charge on any atom is 0.244 e. The summed E-state index contributed by atoms with van der Waals surface area (Å²) in [6.45, 7) is 1.55. The van der Waals surface area contributed by atoms with E-state index in [1.165, 1.54) is 0 Å². The predicted molar refractivity (Wildman–Crippen MR) is 69.7 cm³/mol. The van der Waals surface area contributed by atoms with Crippen LogP contribution in [0.5, 0.6) is 0 Å². The monoisotopic (exact) mass is 309 g/mol. The van der Waals surface area contributed by atoms with Crippen molar-refractivity contribution in [3.63, 3.8) is 0 Å². The number of carbonyl (C=O) groups is 1. The SMILES string of the molecule is CCNC(=O)CNS(=O)(=O)c1cc(N)cc(Cl)c1F. The first-order valence-corrected chi connectivity index (χ1v) is 7.15. The third-order valence-corrected chi connectivity index (χ3v) is 3.78. The van der Waals surface area contributed by atoms with Gasteiger partial charge >= 0.3 is 0 Å². The molecule has 1 rings (SSSR count). The summed E-state index contributed by atoms with van der Waals surface area (Å²) in [5.41, 5.74) is 5.41. The van der Waals surface area contributed by atoms with E-state index in [4.69, 9.17) is 17.3 Å². The second-order valence-corrected chi connectivity index (χ2v) is 5.74. The number of benzene rings is 1. The summed E-state index contributed by atoms with van der Waals surface area (Å²) < 4.78 is 39.2. The molecule has 0 atom stereocenters. The minimum Gasteiger partial charge on any atom is -0.399 e. The van der Waals surface area contributed by atoms with Gasteiger partial charge in [-0.3, -0.25) is 4.79 Å². The fraction of sp³-hybridized carbons (Fsp3) is 0.300. The van der Waals surface area contributed by atoms with Crippen molar-refractivity contribution >= 4 is 33.2 Å². The van der Waals surface area contributed by atoms with Crippen LogP contribution < -0.4 is 15.8 Å². The lowest BCUT2D eigenvalue weighted by atomic mass is 10.3. The molecule has 0 spiro atoms. The fourth-order valence-corrected chi connectivity index (χ4v) is 2.67. The van der Waals surface area contributed by atoms with Crippen LogP contribution in [0.25, 0.3) is 0 Å². The number of sulfonamides is 1. The second kappa shape index (κ2) is 6.18.